The number of hydrogen-bond acceptors (Lipinski definition) is 5. The van der Waals surface area contributed by atoms with E-state index in [4.69, 9.17) is 9.47 Å². The van der Waals surface area contributed by atoms with Crippen LogP contribution in [0.2, 0.25) is 0 Å². The summed E-state index contributed by atoms with van der Waals surface area (Å²) < 4.78 is 13.2. The van der Waals surface area contributed by atoms with Gasteiger partial charge >= 0.3 is 0 Å². The van der Waals surface area contributed by atoms with Crippen molar-refractivity contribution in [3.05, 3.63) is 41.2 Å². The topological polar surface area (TPSA) is 85.7 Å². The molecular weight excluding hydrogens is 384 g/mol. The maximum absolute atomic E-state index is 13.1. The molecule has 2 amide bonds. The fraction of sp³-hybridized carbons (Fsp3) is 0.500. The third-order valence-electron chi connectivity index (χ3n) is 5.48. The van der Waals surface area contributed by atoms with Crippen molar-refractivity contribution >= 4 is 11.8 Å². The summed E-state index contributed by atoms with van der Waals surface area (Å²) in [7, 11) is 3.42. The number of hydrogen-bond donors (Lipinski definition) is 1. The van der Waals surface area contributed by atoms with Gasteiger partial charge in [0.1, 0.15) is 17.6 Å². The summed E-state index contributed by atoms with van der Waals surface area (Å²) in [4.78, 5) is 26.4. The van der Waals surface area contributed by atoms with Gasteiger partial charge in [-0.2, -0.15) is 5.10 Å². The summed E-state index contributed by atoms with van der Waals surface area (Å²) in [6, 6.07) is 5.04. The van der Waals surface area contributed by atoms with E-state index in [9.17, 15) is 9.59 Å². The minimum Gasteiger partial charge on any atom is -0.497 e. The Kier molecular flexibility index (Phi) is 6.64. The zero-order valence-electron chi connectivity index (χ0n) is 18.3. The summed E-state index contributed by atoms with van der Waals surface area (Å²) in [6.45, 7) is 6.76. The van der Waals surface area contributed by atoms with Crippen LogP contribution in [-0.2, 0) is 11.8 Å². The van der Waals surface area contributed by atoms with Crippen LogP contribution in [0, 0.1) is 6.92 Å². The second-order valence-electron chi connectivity index (χ2n) is 7.72. The summed E-state index contributed by atoms with van der Waals surface area (Å²) in [6.07, 6.45) is 3.33. The number of nitrogens with zero attached hydrogens (tertiary/aromatic N) is 3. The molecular formula is C22H30N4O4. The van der Waals surface area contributed by atoms with Gasteiger partial charge in [0, 0.05) is 51.7 Å². The summed E-state index contributed by atoms with van der Waals surface area (Å²) in [5.74, 6) is 0.951. The van der Waals surface area contributed by atoms with Gasteiger partial charge in [-0.1, -0.05) is 0 Å². The van der Waals surface area contributed by atoms with Crippen molar-refractivity contribution in [2.24, 2.45) is 7.05 Å². The van der Waals surface area contributed by atoms with Crippen molar-refractivity contribution < 1.29 is 19.1 Å². The van der Waals surface area contributed by atoms with Gasteiger partial charge in [0.05, 0.1) is 24.4 Å². The standard InChI is InChI=1S/C22H30N4O4/c1-14(20-13-25(4)24-15(20)2)23-22(28)19-12-18(29-5)6-7-21(19)30-17-8-10-26(11-9-17)16(3)27/h6-7,12-14,17H,8-11H2,1-5H3,(H,23,28)/t14-/m0/s1. The highest BCUT2D eigenvalue weighted by Gasteiger charge is 2.25. The Bertz CT molecular complexity index is 916. The zero-order chi connectivity index (χ0) is 21.8. The van der Waals surface area contributed by atoms with Gasteiger partial charge in [-0.3, -0.25) is 14.3 Å². The van der Waals surface area contributed by atoms with E-state index < -0.39 is 0 Å². The summed E-state index contributed by atoms with van der Waals surface area (Å²) in [5, 5.41) is 7.38. The number of amides is 2. The quantitative estimate of drug-likeness (QED) is 0.785. The highest BCUT2D eigenvalue weighted by atomic mass is 16.5. The Labute approximate surface area is 177 Å². The van der Waals surface area contributed by atoms with E-state index in [0.717, 1.165) is 24.1 Å². The van der Waals surface area contributed by atoms with Crippen LogP contribution in [0.3, 0.4) is 0 Å². The number of carbonyl (C=O) groups is 2. The van der Waals surface area contributed by atoms with Gasteiger partial charge in [0.2, 0.25) is 5.91 Å². The first-order valence-corrected chi connectivity index (χ1v) is 10.2. The predicted octanol–water partition coefficient (Wildman–Crippen LogP) is 2.62. The second-order valence-corrected chi connectivity index (χ2v) is 7.72. The molecule has 1 N–H and O–H groups in total. The lowest BCUT2D eigenvalue weighted by Crippen LogP contribution is -2.40. The molecule has 30 heavy (non-hydrogen) atoms. The van der Waals surface area contributed by atoms with Crippen LogP contribution in [0.15, 0.2) is 24.4 Å². The third-order valence-corrected chi connectivity index (χ3v) is 5.48. The maximum Gasteiger partial charge on any atom is 0.255 e. The van der Waals surface area contributed by atoms with Crippen LogP contribution in [0.1, 0.15) is 54.3 Å². The van der Waals surface area contributed by atoms with Crippen LogP contribution < -0.4 is 14.8 Å². The molecule has 3 rings (SSSR count). The smallest absolute Gasteiger partial charge is 0.255 e. The highest BCUT2D eigenvalue weighted by molar-refractivity contribution is 5.97. The second kappa shape index (κ2) is 9.19. The van der Waals surface area contributed by atoms with E-state index in [1.165, 1.54) is 0 Å². The van der Waals surface area contributed by atoms with Crippen LogP contribution in [0.4, 0.5) is 0 Å². The van der Waals surface area contributed by atoms with Gasteiger partial charge in [-0.05, 0) is 32.0 Å². The zero-order valence-corrected chi connectivity index (χ0v) is 18.3. The SMILES string of the molecule is COc1ccc(OC2CCN(C(C)=O)CC2)c(C(=O)N[C@@H](C)c2cn(C)nc2C)c1. The number of carbonyl (C=O) groups excluding carboxylic acids is 2. The van der Waals surface area contributed by atoms with Gasteiger partial charge in [-0.15, -0.1) is 0 Å². The molecule has 8 nitrogen and oxygen atoms in total. The van der Waals surface area contributed by atoms with Crippen molar-refractivity contribution in [3.8, 4) is 11.5 Å². The molecule has 0 radical (unpaired) electrons. The van der Waals surface area contributed by atoms with E-state index in [-0.39, 0.29) is 24.0 Å². The van der Waals surface area contributed by atoms with E-state index >= 15 is 0 Å². The molecule has 1 saturated heterocycles. The van der Waals surface area contributed by atoms with Crippen LogP contribution in [-0.4, -0.2) is 52.8 Å². The van der Waals surface area contributed by atoms with Crippen molar-refractivity contribution in [2.45, 2.75) is 45.8 Å². The Morgan fingerprint density at radius 3 is 2.53 bits per heavy atom. The van der Waals surface area contributed by atoms with Gasteiger partial charge in [0.25, 0.3) is 5.91 Å². The Morgan fingerprint density at radius 1 is 1.27 bits per heavy atom. The van der Waals surface area contributed by atoms with E-state index in [0.29, 0.717) is 30.2 Å². The van der Waals surface area contributed by atoms with Crippen LogP contribution >= 0.6 is 0 Å². The Morgan fingerprint density at radius 2 is 1.97 bits per heavy atom. The highest BCUT2D eigenvalue weighted by Crippen LogP contribution is 2.28. The number of methoxy groups -OCH3 is 1. The first-order chi connectivity index (χ1) is 14.3. The minimum absolute atomic E-state index is 0.0430. The predicted molar refractivity (Wildman–Crippen MR) is 113 cm³/mol. The maximum atomic E-state index is 13.1. The van der Waals surface area contributed by atoms with Crippen molar-refractivity contribution in [1.29, 1.82) is 0 Å². The van der Waals surface area contributed by atoms with Crippen molar-refractivity contribution in [1.82, 2.24) is 20.0 Å². The molecule has 2 heterocycles. The van der Waals surface area contributed by atoms with E-state index in [2.05, 4.69) is 10.4 Å². The average Bonchev–Trinajstić information content (AvgIpc) is 3.06. The number of nitrogens with one attached hydrogen (secondary N) is 1. The summed E-state index contributed by atoms with van der Waals surface area (Å²) >= 11 is 0. The number of benzene rings is 1. The molecule has 0 spiro atoms. The molecule has 162 valence electrons. The molecule has 8 heteroatoms. The first kappa shape index (κ1) is 21.7. The molecule has 0 bridgehead atoms. The van der Waals surface area contributed by atoms with Gasteiger partial charge in [0.15, 0.2) is 0 Å². The number of rotatable bonds is 6. The molecule has 1 aromatic carbocycles. The average molecular weight is 415 g/mol. The molecule has 0 aliphatic carbocycles. The van der Waals surface area contributed by atoms with Crippen molar-refractivity contribution in [2.75, 3.05) is 20.2 Å². The number of ether oxygens (including phenoxy) is 2. The fourth-order valence-corrected chi connectivity index (χ4v) is 3.78. The number of likely N-dealkylation sites (tertiary alicyclic amines) is 1. The fourth-order valence-electron chi connectivity index (χ4n) is 3.78. The molecule has 1 aliphatic rings. The number of aryl methyl sites for hydroxylation is 2. The Balaban J connectivity index is 1.75. The largest absolute Gasteiger partial charge is 0.497 e. The molecule has 1 fully saturated rings. The molecule has 1 atom stereocenters. The van der Waals surface area contributed by atoms with E-state index in [1.54, 1.807) is 36.9 Å². The minimum atomic E-state index is -0.235. The molecule has 2 aromatic rings. The lowest BCUT2D eigenvalue weighted by molar-refractivity contribution is -0.130. The molecule has 1 aliphatic heterocycles. The van der Waals surface area contributed by atoms with E-state index in [1.807, 2.05) is 32.0 Å². The lowest BCUT2D eigenvalue weighted by atomic mass is 10.1. The third kappa shape index (κ3) is 4.93. The van der Waals surface area contributed by atoms with Gasteiger partial charge in [-0.25, -0.2) is 0 Å². The summed E-state index contributed by atoms with van der Waals surface area (Å²) in [5.41, 5.74) is 2.27. The van der Waals surface area contributed by atoms with Crippen LogP contribution in [0.25, 0.3) is 0 Å². The van der Waals surface area contributed by atoms with Gasteiger partial charge < -0.3 is 19.7 Å². The first-order valence-electron chi connectivity index (χ1n) is 10.2. The molecule has 0 saturated carbocycles. The molecule has 0 unspecified atom stereocenters. The monoisotopic (exact) mass is 414 g/mol. The molecule has 1 aromatic heterocycles. The Hall–Kier alpha value is -3.03. The number of piperidine rings is 1. The van der Waals surface area contributed by atoms with Crippen LogP contribution in [0.5, 0.6) is 11.5 Å². The normalized spacial score (nSPS) is 15.6. The number of aromatic nitrogens is 2. The lowest BCUT2D eigenvalue weighted by Gasteiger charge is -2.32. The van der Waals surface area contributed by atoms with Crippen molar-refractivity contribution in [3.63, 3.8) is 0 Å².